The Labute approximate surface area is 226 Å². The highest BCUT2D eigenvalue weighted by molar-refractivity contribution is 6.28. The van der Waals surface area contributed by atoms with Crippen LogP contribution in [-0.4, -0.2) is 68.0 Å². The number of halogens is 1. The number of nitrogens with zero attached hydrogens (tertiary/aromatic N) is 4. The highest BCUT2D eigenvalue weighted by Gasteiger charge is 2.48. The summed E-state index contributed by atoms with van der Waals surface area (Å²) in [6.45, 7) is 6.48. The van der Waals surface area contributed by atoms with E-state index < -0.39 is 5.60 Å². The summed E-state index contributed by atoms with van der Waals surface area (Å²) in [6.07, 6.45) is 4.67. The van der Waals surface area contributed by atoms with Gasteiger partial charge < -0.3 is 24.6 Å². The van der Waals surface area contributed by atoms with Crippen LogP contribution in [-0.2, 0) is 16.1 Å². The average Bonchev–Trinajstić information content (AvgIpc) is 3.53. The summed E-state index contributed by atoms with van der Waals surface area (Å²) in [6, 6.07) is 9.98. The van der Waals surface area contributed by atoms with E-state index in [1.807, 2.05) is 34.7 Å². The van der Waals surface area contributed by atoms with Gasteiger partial charge in [-0.1, -0.05) is 19.1 Å². The van der Waals surface area contributed by atoms with Crippen molar-refractivity contribution in [3.63, 3.8) is 0 Å². The molecule has 0 spiro atoms. The van der Waals surface area contributed by atoms with Crippen LogP contribution in [0.3, 0.4) is 0 Å². The average molecular weight is 540 g/mol. The number of likely N-dealkylation sites (tertiary alicyclic amines) is 1. The Balaban J connectivity index is 1.20. The van der Waals surface area contributed by atoms with E-state index in [9.17, 15) is 14.7 Å². The summed E-state index contributed by atoms with van der Waals surface area (Å²) in [5, 5.41) is 15.3. The number of aromatic nitrogens is 3. The van der Waals surface area contributed by atoms with Crippen molar-refractivity contribution in [2.75, 3.05) is 26.2 Å². The normalized spacial score (nSPS) is 24.5. The van der Waals surface area contributed by atoms with Crippen molar-refractivity contribution >= 4 is 28.5 Å². The maximum atomic E-state index is 13.4. The predicted molar refractivity (Wildman–Crippen MR) is 145 cm³/mol. The second-order valence-corrected chi connectivity index (χ2v) is 11.8. The van der Waals surface area contributed by atoms with E-state index in [-0.39, 0.29) is 40.9 Å². The zero-order valence-electron chi connectivity index (χ0n) is 21.8. The number of hydrogen-bond acceptors (Lipinski definition) is 6. The molecule has 3 aromatic rings. The molecule has 202 valence electrons. The second-order valence-electron chi connectivity index (χ2n) is 11.5. The van der Waals surface area contributed by atoms with Gasteiger partial charge in [0.25, 0.3) is 5.56 Å². The van der Waals surface area contributed by atoms with E-state index >= 15 is 0 Å². The minimum atomic E-state index is -1.13. The molecule has 2 saturated heterocycles. The van der Waals surface area contributed by atoms with Gasteiger partial charge in [0, 0.05) is 36.9 Å². The lowest BCUT2D eigenvalue weighted by molar-refractivity contribution is -0.141. The Morgan fingerprint density at radius 3 is 2.53 bits per heavy atom. The Kier molecular flexibility index (Phi) is 6.38. The van der Waals surface area contributed by atoms with Crippen molar-refractivity contribution in [2.45, 2.75) is 63.8 Å². The van der Waals surface area contributed by atoms with Crippen molar-refractivity contribution in [1.82, 2.24) is 24.3 Å². The fraction of sp³-hybridized carbons (Fsp3) is 0.536. The molecule has 1 aliphatic carbocycles. The van der Waals surface area contributed by atoms with Gasteiger partial charge in [0.2, 0.25) is 11.2 Å². The van der Waals surface area contributed by atoms with Gasteiger partial charge in [-0.3, -0.25) is 14.2 Å². The van der Waals surface area contributed by atoms with Crippen LogP contribution in [0.5, 0.6) is 0 Å². The molecule has 4 heterocycles. The van der Waals surface area contributed by atoms with Gasteiger partial charge in [-0.2, -0.15) is 0 Å². The lowest BCUT2D eigenvalue weighted by Crippen LogP contribution is -2.51. The SMILES string of the molecule is C[C@H]1CN[C@H](c2ccc(-n3ccc4c(=O)n(CC5(O)CCN(C(=O)C6(C)CC6)CC5)c(Cl)nc43)cc2)CO1. The zero-order valence-corrected chi connectivity index (χ0v) is 22.6. The highest BCUT2D eigenvalue weighted by atomic mass is 35.5. The topological polar surface area (TPSA) is 102 Å². The number of ether oxygens (including phenoxy) is 1. The van der Waals surface area contributed by atoms with Crippen molar-refractivity contribution in [1.29, 1.82) is 0 Å². The summed E-state index contributed by atoms with van der Waals surface area (Å²) in [5.41, 5.74) is 0.842. The summed E-state index contributed by atoms with van der Waals surface area (Å²) in [5.74, 6) is 0.171. The van der Waals surface area contributed by atoms with Crippen LogP contribution in [0.15, 0.2) is 41.3 Å². The van der Waals surface area contributed by atoms with Gasteiger partial charge >= 0.3 is 0 Å². The highest BCUT2D eigenvalue weighted by Crippen LogP contribution is 2.47. The molecule has 38 heavy (non-hydrogen) atoms. The molecule has 2 aliphatic heterocycles. The van der Waals surface area contributed by atoms with Crippen LogP contribution < -0.4 is 10.9 Å². The summed E-state index contributed by atoms with van der Waals surface area (Å²) in [4.78, 5) is 32.5. The van der Waals surface area contributed by atoms with Crippen LogP contribution in [0, 0.1) is 5.41 Å². The number of fused-ring (bicyclic) bond motifs is 1. The second kappa shape index (κ2) is 9.48. The monoisotopic (exact) mass is 539 g/mol. The van der Waals surface area contributed by atoms with E-state index in [1.165, 1.54) is 4.57 Å². The number of aliphatic hydroxyl groups is 1. The molecule has 3 fully saturated rings. The third-order valence-electron chi connectivity index (χ3n) is 8.48. The Morgan fingerprint density at radius 2 is 1.89 bits per heavy atom. The molecule has 0 bridgehead atoms. The number of rotatable bonds is 5. The van der Waals surface area contributed by atoms with Gasteiger partial charge in [-0.25, -0.2) is 4.98 Å². The zero-order chi connectivity index (χ0) is 26.7. The number of carbonyl (C=O) groups is 1. The van der Waals surface area contributed by atoms with Gasteiger partial charge in [-0.05, 0) is 68.0 Å². The molecule has 1 amide bonds. The lowest BCUT2D eigenvalue weighted by Gasteiger charge is -2.39. The fourth-order valence-electron chi connectivity index (χ4n) is 5.56. The number of nitrogens with one attached hydrogen (secondary N) is 1. The summed E-state index contributed by atoms with van der Waals surface area (Å²) in [7, 11) is 0. The number of piperidine rings is 1. The predicted octanol–water partition coefficient (Wildman–Crippen LogP) is 3.04. The Morgan fingerprint density at radius 1 is 1.18 bits per heavy atom. The van der Waals surface area contributed by atoms with Crippen molar-refractivity contribution in [2.24, 2.45) is 5.41 Å². The maximum absolute atomic E-state index is 13.4. The van der Waals surface area contributed by atoms with Crippen LogP contribution >= 0.6 is 11.6 Å². The summed E-state index contributed by atoms with van der Waals surface area (Å²) < 4.78 is 8.97. The first kappa shape index (κ1) is 25.6. The standard InChI is InChI=1S/C28H34ClN5O4/c1-18-15-30-22(16-38-18)19-3-5-20(6-4-19)33-12-7-21-23(33)31-26(29)34(24(21)35)17-28(37)10-13-32(14-11-28)25(36)27(2)8-9-27/h3-7,12,18,22,30,37H,8-11,13-17H2,1-2H3/t18-,22-/m0/s1. The minimum absolute atomic E-state index is 0.0363. The molecule has 10 heteroatoms. The van der Waals surface area contributed by atoms with Crippen LogP contribution in [0.1, 0.15) is 51.1 Å². The molecular weight excluding hydrogens is 506 g/mol. The molecule has 2 N–H and O–H groups in total. The lowest BCUT2D eigenvalue weighted by atomic mass is 9.90. The van der Waals surface area contributed by atoms with Crippen molar-refractivity contribution < 1.29 is 14.6 Å². The van der Waals surface area contributed by atoms with Crippen LogP contribution in [0.4, 0.5) is 0 Å². The number of amides is 1. The number of benzene rings is 1. The molecule has 6 rings (SSSR count). The maximum Gasteiger partial charge on any atom is 0.264 e. The number of hydrogen-bond donors (Lipinski definition) is 2. The van der Waals surface area contributed by atoms with Gasteiger partial charge in [0.15, 0.2) is 5.65 Å². The molecule has 0 radical (unpaired) electrons. The van der Waals surface area contributed by atoms with E-state index in [4.69, 9.17) is 16.3 Å². The number of morpholine rings is 1. The fourth-order valence-corrected chi connectivity index (χ4v) is 5.77. The largest absolute Gasteiger partial charge is 0.388 e. The van der Waals surface area contributed by atoms with E-state index in [1.54, 1.807) is 6.07 Å². The molecule has 2 aromatic heterocycles. The van der Waals surface area contributed by atoms with E-state index in [0.717, 1.165) is 30.6 Å². The molecule has 0 unspecified atom stereocenters. The summed E-state index contributed by atoms with van der Waals surface area (Å²) >= 11 is 6.53. The van der Waals surface area contributed by atoms with Gasteiger partial charge in [0.05, 0.1) is 36.3 Å². The van der Waals surface area contributed by atoms with Gasteiger partial charge in [-0.15, -0.1) is 0 Å². The minimum Gasteiger partial charge on any atom is -0.388 e. The third-order valence-corrected chi connectivity index (χ3v) is 8.77. The van der Waals surface area contributed by atoms with E-state index in [0.29, 0.717) is 43.6 Å². The molecular formula is C28H34ClN5O4. The van der Waals surface area contributed by atoms with Crippen LogP contribution in [0.25, 0.3) is 16.7 Å². The van der Waals surface area contributed by atoms with Crippen molar-refractivity contribution in [3.8, 4) is 5.69 Å². The molecule has 1 aromatic carbocycles. The molecule has 3 aliphatic rings. The third kappa shape index (κ3) is 4.66. The van der Waals surface area contributed by atoms with Crippen LogP contribution in [0.2, 0.25) is 5.28 Å². The van der Waals surface area contributed by atoms with E-state index in [2.05, 4.69) is 29.4 Å². The number of carbonyl (C=O) groups excluding carboxylic acids is 1. The molecule has 1 saturated carbocycles. The first-order valence-electron chi connectivity index (χ1n) is 13.4. The van der Waals surface area contributed by atoms with Gasteiger partial charge in [0.1, 0.15) is 0 Å². The quantitative estimate of drug-likeness (QED) is 0.483. The first-order valence-corrected chi connectivity index (χ1v) is 13.8. The Bertz CT molecular complexity index is 1410. The molecule has 2 atom stereocenters. The first-order chi connectivity index (χ1) is 18.2. The van der Waals surface area contributed by atoms with Crippen molar-refractivity contribution in [3.05, 3.63) is 57.7 Å². The smallest absolute Gasteiger partial charge is 0.264 e. The molecule has 9 nitrogen and oxygen atoms in total. The Hall–Kier alpha value is -2.72.